The summed E-state index contributed by atoms with van der Waals surface area (Å²) in [6, 6.07) is 2.55. The Morgan fingerprint density at radius 3 is 3.00 bits per heavy atom. The molecule has 5 heteroatoms. The summed E-state index contributed by atoms with van der Waals surface area (Å²) in [7, 11) is 2.17. The molecule has 0 saturated carbocycles. The highest BCUT2D eigenvalue weighted by molar-refractivity contribution is 5.71. The van der Waals surface area contributed by atoms with E-state index in [4.69, 9.17) is 6.42 Å². The van der Waals surface area contributed by atoms with Crippen molar-refractivity contribution < 1.29 is 0 Å². The van der Waals surface area contributed by atoms with E-state index < -0.39 is 0 Å². The monoisotopic (exact) mass is 351 g/mol. The first-order chi connectivity index (χ1) is 12.7. The summed E-state index contributed by atoms with van der Waals surface area (Å²) in [4.78, 5) is 13.0. The maximum absolute atomic E-state index is 5.48. The lowest BCUT2D eigenvalue weighted by molar-refractivity contribution is 0.327. The lowest BCUT2D eigenvalue weighted by Gasteiger charge is -2.22. The van der Waals surface area contributed by atoms with E-state index in [0.29, 0.717) is 0 Å². The zero-order valence-electron chi connectivity index (χ0n) is 15.9. The molecule has 1 aliphatic heterocycles. The second kappa shape index (κ2) is 11.1. The van der Waals surface area contributed by atoms with Gasteiger partial charge in [0.25, 0.3) is 0 Å². The molecule has 1 aromatic rings. The maximum Gasteiger partial charge on any atom is 0.0899 e. The Morgan fingerprint density at radius 2 is 2.27 bits per heavy atom. The predicted molar refractivity (Wildman–Crippen MR) is 108 cm³/mol. The van der Waals surface area contributed by atoms with Crippen molar-refractivity contribution in [3.05, 3.63) is 54.5 Å². The first kappa shape index (κ1) is 19.7. The van der Waals surface area contributed by atoms with Gasteiger partial charge >= 0.3 is 0 Å². The number of rotatable bonds is 10. The van der Waals surface area contributed by atoms with Crippen LogP contribution in [0.3, 0.4) is 0 Å². The number of aromatic nitrogens is 2. The molecule has 1 aliphatic rings. The number of allylic oxidation sites excluding steroid dienone is 2. The smallest absolute Gasteiger partial charge is 0.0899 e. The average molecular weight is 351 g/mol. The van der Waals surface area contributed by atoms with E-state index in [1.807, 2.05) is 0 Å². The third kappa shape index (κ3) is 6.73. The molecule has 0 saturated heterocycles. The van der Waals surface area contributed by atoms with Crippen LogP contribution in [-0.2, 0) is 0 Å². The SMILES string of the molecule is C#CN/C(=C\N1C=C(c2cnccn2)C=CC1)CCN(C)CCCCC. The van der Waals surface area contributed by atoms with Gasteiger partial charge in [-0.05, 0) is 20.0 Å². The molecule has 2 heterocycles. The lowest BCUT2D eigenvalue weighted by Crippen LogP contribution is -2.24. The quantitative estimate of drug-likeness (QED) is 0.398. The zero-order chi connectivity index (χ0) is 18.6. The first-order valence-electron chi connectivity index (χ1n) is 9.24. The fraction of sp³-hybridized carbons (Fsp3) is 0.429. The van der Waals surface area contributed by atoms with Gasteiger partial charge in [-0.3, -0.25) is 9.97 Å². The van der Waals surface area contributed by atoms with E-state index in [-0.39, 0.29) is 0 Å². The van der Waals surface area contributed by atoms with Crippen molar-refractivity contribution in [2.75, 3.05) is 26.7 Å². The molecule has 0 atom stereocenters. The van der Waals surface area contributed by atoms with Crippen LogP contribution in [0.2, 0.25) is 0 Å². The Morgan fingerprint density at radius 1 is 1.38 bits per heavy atom. The molecule has 26 heavy (non-hydrogen) atoms. The Labute approximate surface area is 157 Å². The number of hydrogen-bond donors (Lipinski definition) is 1. The highest BCUT2D eigenvalue weighted by Gasteiger charge is 2.08. The van der Waals surface area contributed by atoms with Crippen molar-refractivity contribution >= 4 is 5.57 Å². The molecule has 1 N–H and O–H groups in total. The topological polar surface area (TPSA) is 44.3 Å². The molecule has 0 unspecified atom stereocenters. The molecule has 0 radical (unpaired) electrons. The minimum atomic E-state index is 0.811. The molecular formula is C21H29N5. The van der Waals surface area contributed by atoms with Gasteiger partial charge in [0.05, 0.1) is 11.9 Å². The second-order valence-corrected chi connectivity index (χ2v) is 6.46. The summed E-state index contributed by atoms with van der Waals surface area (Å²) in [6.07, 6.45) is 23.7. The van der Waals surface area contributed by atoms with Gasteiger partial charge in [-0.1, -0.05) is 38.3 Å². The van der Waals surface area contributed by atoms with Crippen LogP contribution in [0.25, 0.3) is 5.57 Å². The third-order valence-corrected chi connectivity index (χ3v) is 4.24. The van der Waals surface area contributed by atoms with Crippen LogP contribution in [0.5, 0.6) is 0 Å². The second-order valence-electron chi connectivity index (χ2n) is 6.46. The van der Waals surface area contributed by atoms with Crippen molar-refractivity contribution in [2.24, 2.45) is 0 Å². The van der Waals surface area contributed by atoms with Crippen molar-refractivity contribution in [1.82, 2.24) is 25.1 Å². The molecule has 0 bridgehead atoms. The molecule has 0 spiro atoms. The highest BCUT2D eigenvalue weighted by Crippen LogP contribution is 2.18. The minimum absolute atomic E-state index is 0.811. The maximum atomic E-state index is 5.48. The van der Waals surface area contributed by atoms with Gasteiger partial charge in [0, 0.05) is 61.6 Å². The van der Waals surface area contributed by atoms with Gasteiger partial charge in [-0.25, -0.2) is 0 Å². The number of terminal acetylenes is 1. The van der Waals surface area contributed by atoms with Crippen LogP contribution in [0.1, 0.15) is 38.3 Å². The average Bonchev–Trinajstić information content (AvgIpc) is 2.67. The van der Waals surface area contributed by atoms with Crippen LogP contribution in [0.15, 0.2) is 48.8 Å². The van der Waals surface area contributed by atoms with Crippen LogP contribution in [0, 0.1) is 12.5 Å². The Bertz CT molecular complexity index is 669. The molecule has 0 aliphatic carbocycles. The fourth-order valence-corrected chi connectivity index (χ4v) is 2.77. The number of hydrogen-bond acceptors (Lipinski definition) is 5. The van der Waals surface area contributed by atoms with Gasteiger partial charge in [-0.2, -0.15) is 0 Å². The Balaban J connectivity index is 1.98. The minimum Gasteiger partial charge on any atom is -0.348 e. The molecule has 5 nitrogen and oxygen atoms in total. The molecule has 1 aromatic heterocycles. The van der Waals surface area contributed by atoms with Gasteiger partial charge in [0.1, 0.15) is 0 Å². The molecule has 138 valence electrons. The van der Waals surface area contributed by atoms with Crippen LogP contribution in [0.4, 0.5) is 0 Å². The number of nitrogens with zero attached hydrogens (tertiary/aromatic N) is 4. The van der Waals surface area contributed by atoms with Gasteiger partial charge in [0.15, 0.2) is 0 Å². The summed E-state index contributed by atoms with van der Waals surface area (Å²) in [5.41, 5.74) is 2.95. The van der Waals surface area contributed by atoms with E-state index >= 15 is 0 Å². The Hall–Kier alpha value is -2.58. The van der Waals surface area contributed by atoms with Crippen LogP contribution >= 0.6 is 0 Å². The summed E-state index contributed by atoms with van der Waals surface area (Å²) in [6.45, 7) is 5.15. The normalized spacial score (nSPS) is 14.3. The van der Waals surface area contributed by atoms with Crippen molar-refractivity contribution in [3.8, 4) is 12.5 Å². The predicted octanol–water partition coefficient (Wildman–Crippen LogP) is 3.22. The molecule has 0 fully saturated rings. The highest BCUT2D eigenvalue weighted by atomic mass is 15.1. The molecule has 0 amide bonds. The Kier molecular flexibility index (Phi) is 8.44. The van der Waals surface area contributed by atoms with E-state index in [2.05, 4.69) is 69.7 Å². The van der Waals surface area contributed by atoms with E-state index in [1.54, 1.807) is 18.6 Å². The van der Waals surface area contributed by atoms with Crippen molar-refractivity contribution in [1.29, 1.82) is 0 Å². The van der Waals surface area contributed by atoms with Crippen molar-refractivity contribution in [3.63, 3.8) is 0 Å². The molecule has 2 rings (SSSR count). The van der Waals surface area contributed by atoms with E-state index in [9.17, 15) is 0 Å². The van der Waals surface area contributed by atoms with E-state index in [1.165, 1.54) is 19.3 Å². The summed E-state index contributed by atoms with van der Waals surface area (Å²) < 4.78 is 0. The zero-order valence-corrected chi connectivity index (χ0v) is 15.9. The fourth-order valence-electron chi connectivity index (χ4n) is 2.77. The lowest BCUT2D eigenvalue weighted by atomic mass is 10.1. The summed E-state index contributed by atoms with van der Waals surface area (Å²) in [5.74, 6) is 0. The van der Waals surface area contributed by atoms with E-state index in [0.717, 1.165) is 43.0 Å². The molecule has 0 aromatic carbocycles. The third-order valence-electron chi connectivity index (χ3n) is 4.24. The number of nitrogens with one attached hydrogen (secondary N) is 1. The summed E-state index contributed by atoms with van der Waals surface area (Å²) in [5, 5.41) is 3.05. The van der Waals surface area contributed by atoms with Gasteiger partial charge in [0.2, 0.25) is 0 Å². The first-order valence-corrected chi connectivity index (χ1v) is 9.24. The van der Waals surface area contributed by atoms with Gasteiger partial charge < -0.3 is 15.1 Å². The largest absolute Gasteiger partial charge is 0.348 e. The van der Waals surface area contributed by atoms with Crippen LogP contribution < -0.4 is 5.32 Å². The van der Waals surface area contributed by atoms with Gasteiger partial charge in [-0.15, -0.1) is 0 Å². The van der Waals surface area contributed by atoms with Crippen LogP contribution in [-0.4, -0.2) is 46.4 Å². The summed E-state index contributed by atoms with van der Waals surface area (Å²) >= 11 is 0. The standard InChI is InChI=1S/C21H29N5/c1-4-6-7-13-25(3)15-10-20(23-5-2)18-26-14-8-9-19(17-26)21-16-22-11-12-24-21/h2,8-9,11-12,16-18,23H,4,6-7,10,13-15H2,1,3H3/b20-18-. The van der Waals surface area contributed by atoms with Crippen molar-refractivity contribution in [2.45, 2.75) is 32.6 Å². The molecular weight excluding hydrogens is 322 g/mol. The number of unbranched alkanes of at least 4 members (excludes halogenated alkanes) is 2.